The van der Waals surface area contributed by atoms with Crippen LogP contribution in [-0.4, -0.2) is 9.97 Å². The maximum absolute atomic E-state index is 10.7. The average molecular weight is 204 g/mol. The fourth-order valence-corrected chi connectivity index (χ4v) is 0.856. The number of aromatic amines is 1. The minimum Gasteiger partial charge on any atom is -0.454 e. The van der Waals surface area contributed by atoms with Gasteiger partial charge >= 0.3 is 5.69 Å². The number of hydrogen-bond donors (Lipinski definition) is 1. The van der Waals surface area contributed by atoms with Crippen LogP contribution in [0.25, 0.3) is 0 Å². The molecule has 0 saturated carbocycles. The third-order valence-corrected chi connectivity index (χ3v) is 1.54. The van der Waals surface area contributed by atoms with Gasteiger partial charge in [-0.3, -0.25) is 0 Å². The summed E-state index contributed by atoms with van der Waals surface area (Å²) in [6.07, 6.45) is 9.84. The second kappa shape index (κ2) is 5.59. The molecule has 0 fully saturated rings. The summed E-state index contributed by atoms with van der Waals surface area (Å²) >= 11 is 0. The predicted molar refractivity (Wildman–Crippen MR) is 58.6 cm³/mol. The van der Waals surface area contributed by atoms with Gasteiger partial charge in [0.2, 0.25) is 0 Å². The first-order valence-electron chi connectivity index (χ1n) is 4.44. The minimum atomic E-state index is -0.403. The van der Waals surface area contributed by atoms with E-state index in [0.717, 1.165) is 0 Å². The molecule has 1 rings (SSSR count). The van der Waals surface area contributed by atoms with Crippen molar-refractivity contribution >= 4 is 0 Å². The van der Waals surface area contributed by atoms with E-state index in [-0.39, 0.29) is 0 Å². The Morgan fingerprint density at radius 1 is 1.67 bits per heavy atom. The molecule has 0 bridgehead atoms. The quantitative estimate of drug-likeness (QED) is 0.601. The zero-order valence-electron chi connectivity index (χ0n) is 8.43. The van der Waals surface area contributed by atoms with Crippen molar-refractivity contribution in [1.29, 1.82) is 0 Å². The highest BCUT2D eigenvalue weighted by atomic mass is 16.5. The number of allylic oxidation sites excluding steroid dienone is 4. The molecular formula is C11H12N2O2. The SMILES string of the molecule is C=C/C(=C\C=C/C)Oc1cnc(=O)[nH]c1. The molecule has 4 heteroatoms. The summed E-state index contributed by atoms with van der Waals surface area (Å²) < 4.78 is 5.38. The zero-order valence-corrected chi connectivity index (χ0v) is 8.43. The van der Waals surface area contributed by atoms with Crippen molar-refractivity contribution in [2.45, 2.75) is 6.92 Å². The third-order valence-electron chi connectivity index (χ3n) is 1.54. The molecule has 0 atom stereocenters. The second-order valence-corrected chi connectivity index (χ2v) is 2.66. The van der Waals surface area contributed by atoms with Crippen LogP contribution in [0.5, 0.6) is 5.75 Å². The van der Waals surface area contributed by atoms with E-state index in [4.69, 9.17) is 4.74 Å². The predicted octanol–water partition coefficient (Wildman–Crippen LogP) is 1.79. The molecular weight excluding hydrogens is 192 g/mol. The van der Waals surface area contributed by atoms with Crippen LogP contribution in [0.15, 0.2) is 53.8 Å². The Labute approximate surface area is 87.6 Å². The number of nitrogens with one attached hydrogen (secondary N) is 1. The van der Waals surface area contributed by atoms with Crippen molar-refractivity contribution in [1.82, 2.24) is 9.97 Å². The molecule has 1 heterocycles. The zero-order chi connectivity index (χ0) is 11.1. The first-order valence-corrected chi connectivity index (χ1v) is 4.44. The Morgan fingerprint density at radius 2 is 2.47 bits per heavy atom. The average Bonchev–Trinajstić information content (AvgIpc) is 2.27. The first kappa shape index (κ1) is 11.0. The molecule has 78 valence electrons. The fourth-order valence-electron chi connectivity index (χ4n) is 0.856. The maximum atomic E-state index is 10.7. The van der Waals surface area contributed by atoms with E-state index in [1.807, 2.05) is 19.1 Å². The molecule has 0 saturated heterocycles. The molecule has 0 spiro atoms. The van der Waals surface area contributed by atoms with Crippen molar-refractivity contribution in [3.05, 3.63) is 59.5 Å². The summed E-state index contributed by atoms with van der Waals surface area (Å²) in [5, 5.41) is 0. The van der Waals surface area contributed by atoms with Gasteiger partial charge in [-0.15, -0.1) is 0 Å². The van der Waals surface area contributed by atoms with Crippen LogP contribution < -0.4 is 10.4 Å². The van der Waals surface area contributed by atoms with Gasteiger partial charge < -0.3 is 9.72 Å². The summed E-state index contributed by atoms with van der Waals surface area (Å²) in [5.74, 6) is 1.05. The molecule has 0 aromatic carbocycles. The van der Waals surface area contributed by atoms with Crippen LogP contribution in [0.2, 0.25) is 0 Å². The van der Waals surface area contributed by atoms with Gasteiger partial charge in [-0.2, -0.15) is 4.98 Å². The van der Waals surface area contributed by atoms with Gasteiger partial charge in [-0.1, -0.05) is 18.7 Å². The van der Waals surface area contributed by atoms with Gasteiger partial charge in [-0.25, -0.2) is 4.79 Å². The molecule has 1 N–H and O–H groups in total. The Morgan fingerprint density at radius 3 is 3.00 bits per heavy atom. The van der Waals surface area contributed by atoms with Crippen molar-refractivity contribution in [3.63, 3.8) is 0 Å². The van der Waals surface area contributed by atoms with E-state index in [1.54, 1.807) is 12.2 Å². The number of aromatic nitrogens is 2. The summed E-state index contributed by atoms with van der Waals surface area (Å²) in [7, 11) is 0. The normalized spacial score (nSPS) is 11.7. The van der Waals surface area contributed by atoms with Gasteiger partial charge in [0.15, 0.2) is 5.75 Å². The number of rotatable bonds is 4. The van der Waals surface area contributed by atoms with Crippen molar-refractivity contribution in [2.24, 2.45) is 0 Å². The molecule has 0 unspecified atom stereocenters. The van der Waals surface area contributed by atoms with Crippen molar-refractivity contribution in [2.75, 3.05) is 0 Å². The van der Waals surface area contributed by atoms with Crippen molar-refractivity contribution in [3.8, 4) is 5.75 Å². The van der Waals surface area contributed by atoms with E-state index in [0.29, 0.717) is 11.5 Å². The number of nitrogens with zero attached hydrogens (tertiary/aromatic N) is 1. The smallest absolute Gasteiger partial charge is 0.345 e. The van der Waals surface area contributed by atoms with Gasteiger partial charge in [0.05, 0.1) is 12.4 Å². The molecule has 15 heavy (non-hydrogen) atoms. The standard InChI is InChI=1S/C11H12N2O2/c1-3-5-6-9(4-2)15-10-7-12-11(14)13-8-10/h3-8H,2H2,1H3,(H,12,13,14)/b5-3-,9-6+. The number of H-pyrrole nitrogens is 1. The Bertz CT molecular complexity index is 424. The second-order valence-electron chi connectivity index (χ2n) is 2.66. The van der Waals surface area contributed by atoms with Crippen LogP contribution in [-0.2, 0) is 0 Å². The van der Waals surface area contributed by atoms with Crippen LogP contribution in [0.4, 0.5) is 0 Å². The number of ether oxygens (including phenoxy) is 1. The molecule has 0 radical (unpaired) electrons. The Kier molecular flexibility index (Phi) is 4.09. The highest BCUT2D eigenvalue weighted by Gasteiger charge is 1.96. The highest BCUT2D eigenvalue weighted by molar-refractivity contribution is 5.23. The molecule has 1 aromatic heterocycles. The van der Waals surface area contributed by atoms with Gasteiger partial charge in [0.25, 0.3) is 0 Å². The lowest BCUT2D eigenvalue weighted by atomic mass is 10.4. The molecule has 0 aliphatic heterocycles. The summed E-state index contributed by atoms with van der Waals surface area (Å²) in [6.45, 7) is 5.51. The first-order chi connectivity index (χ1) is 7.26. The summed E-state index contributed by atoms with van der Waals surface area (Å²) in [4.78, 5) is 16.6. The van der Waals surface area contributed by atoms with Gasteiger partial charge in [0, 0.05) is 0 Å². The maximum Gasteiger partial charge on any atom is 0.345 e. The topological polar surface area (TPSA) is 55.0 Å². The van der Waals surface area contributed by atoms with Crippen LogP contribution >= 0.6 is 0 Å². The van der Waals surface area contributed by atoms with Gasteiger partial charge in [-0.05, 0) is 19.1 Å². The monoisotopic (exact) mass is 204 g/mol. The van der Waals surface area contributed by atoms with E-state index >= 15 is 0 Å². The lowest BCUT2D eigenvalue weighted by molar-refractivity contribution is 0.439. The molecule has 0 aliphatic carbocycles. The van der Waals surface area contributed by atoms with Crippen LogP contribution in [0, 0.1) is 0 Å². The molecule has 4 nitrogen and oxygen atoms in total. The summed E-state index contributed by atoms with van der Waals surface area (Å²) in [6, 6.07) is 0. The van der Waals surface area contributed by atoms with Gasteiger partial charge in [0.1, 0.15) is 5.76 Å². The molecule has 0 amide bonds. The largest absolute Gasteiger partial charge is 0.454 e. The van der Waals surface area contributed by atoms with E-state index in [2.05, 4.69) is 16.5 Å². The van der Waals surface area contributed by atoms with Crippen LogP contribution in [0.3, 0.4) is 0 Å². The van der Waals surface area contributed by atoms with E-state index in [1.165, 1.54) is 12.4 Å². The van der Waals surface area contributed by atoms with E-state index < -0.39 is 5.69 Å². The lowest BCUT2D eigenvalue weighted by Gasteiger charge is -2.03. The van der Waals surface area contributed by atoms with E-state index in [9.17, 15) is 4.79 Å². The lowest BCUT2D eigenvalue weighted by Crippen LogP contribution is -2.08. The van der Waals surface area contributed by atoms with Crippen molar-refractivity contribution < 1.29 is 4.74 Å². The molecule has 0 aliphatic rings. The fraction of sp³-hybridized carbons (Fsp3) is 0.0909. The Balaban J connectivity index is 2.79. The third kappa shape index (κ3) is 3.64. The van der Waals surface area contributed by atoms with Crippen LogP contribution in [0.1, 0.15) is 6.92 Å². The highest BCUT2D eigenvalue weighted by Crippen LogP contribution is 2.09. The Hall–Kier alpha value is -2.10. The minimum absolute atomic E-state index is 0.403. The summed E-state index contributed by atoms with van der Waals surface area (Å²) in [5.41, 5.74) is -0.403. The number of hydrogen-bond acceptors (Lipinski definition) is 3. The molecule has 1 aromatic rings.